The van der Waals surface area contributed by atoms with Gasteiger partial charge in [0.05, 0.1) is 5.52 Å². The molecule has 1 aliphatic heterocycles. The first kappa shape index (κ1) is 9.78. The highest BCUT2D eigenvalue weighted by Crippen LogP contribution is 2.26. The quantitative estimate of drug-likeness (QED) is 0.801. The zero-order chi connectivity index (χ0) is 11.1. The number of aromatic nitrogens is 3. The number of imidazole rings is 1. The third-order valence-electron chi connectivity index (χ3n) is 3.44. The monoisotopic (exact) mass is 216 g/mol. The number of hydrogen-bond acceptors (Lipinski definition) is 3. The average Bonchev–Trinajstić information content (AvgIpc) is 2.57. The smallest absolute Gasteiger partial charge is 0.177 e. The van der Waals surface area contributed by atoms with Gasteiger partial charge in [-0.25, -0.2) is 9.97 Å². The molecule has 1 saturated heterocycles. The molecule has 4 nitrogen and oxygen atoms in total. The van der Waals surface area contributed by atoms with Crippen molar-refractivity contribution < 1.29 is 0 Å². The van der Waals surface area contributed by atoms with Crippen molar-refractivity contribution in [3.63, 3.8) is 0 Å². The lowest BCUT2D eigenvalue weighted by molar-refractivity contribution is 0.297. The lowest BCUT2D eigenvalue weighted by atomic mass is 9.88. The summed E-state index contributed by atoms with van der Waals surface area (Å²) in [5.41, 5.74) is 3.05. The summed E-state index contributed by atoms with van der Waals surface area (Å²) in [6.45, 7) is 6.48. The highest BCUT2D eigenvalue weighted by atomic mass is 15.0. The predicted octanol–water partition coefficient (Wildman–Crippen LogP) is 1.59. The largest absolute Gasteiger partial charge is 0.340 e. The first-order chi connectivity index (χ1) is 7.74. The summed E-state index contributed by atoms with van der Waals surface area (Å²) in [6, 6.07) is 2.10. The molecule has 4 heteroatoms. The number of H-pyrrole nitrogens is 1. The van der Waals surface area contributed by atoms with Crippen molar-refractivity contribution in [2.24, 2.45) is 5.92 Å². The van der Waals surface area contributed by atoms with E-state index in [0.29, 0.717) is 11.8 Å². The Balaban J connectivity index is 1.97. The number of fused-ring (bicyclic) bond motifs is 1. The molecule has 0 aliphatic carbocycles. The van der Waals surface area contributed by atoms with Crippen LogP contribution in [0.3, 0.4) is 0 Å². The SMILES string of the molecule is Cc1cnc2nc(C(C)C3CNC3)[nH]c2c1. The van der Waals surface area contributed by atoms with E-state index in [-0.39, 0.29) is 0 Å². The lowest BCUT2D eigenvalue weighted by Crippen LogP contribution is -2.44. The van der Waals surface area contributed by atoms with Gasteiger partial charge in [0, 0.05) is 12.1 Å². The van der Waals surface area contributed by atoms with E-state index in [0.717, 1.165) is 30.1 Å². The molecule has 3 rings (SSSR count). The lowest BCUT2D eigenvalue weighted by Gasteiger charge is -2.31. The van der Waals surface area contributed by atoms with Gasteiger partial charge in [-0.2, -0.15) is 0 Å². The number of hydrogen-bond donors (Lipinski definition) is 2. The molecule has 84 valence electrons. The Morgan fingerprint density at radius 2 is 2.25 bits per heavy atom. The molecule has 0 saturated carbocycles. The van der Waals surface area contributed by atoms with E-state index >= 15 is 0 Å². The molecule has 3 heterocycles. The molecule has 1 atom stereocenters. The molecule has 2 aromatic heterocycles. The van der Waals surface area contributed by atoms with Crippen molar-refractivity contribution in [2.75, 3.05) is 13.1 Å². The Hall–Kier alpha value is -1.42. The van der Waals surface area contributed by atoms with E-state index in [2.05, 4.69) is 33.3 Å². The Morgan fingerprint density at radius 1 is 1.44 bits per heavy atom. The summed E-state index contributed by atoms with van der Waals surface area (Å²) in [5, 5.41) is 3.30. The first-order valence-electron chi connectivity index (χ1n) is 5.77. The summed E-state index contributed by atoms with van der Waals surface area (Å²) in [7, 11) is 0. The van der Waals surface area contributed by atoms with Gasteiger partial charge in [0.1, 0.15) is 5.82 Å². The Morgan fingerprint density at radius 3 is 2.94 bits per heavy atom. The van der Waals surface area contributed by atoms with E-state index in [1.54, 1.807) is 0 Å². The third-order valence-corrected chi connectivity index (χ3v) is 3.44. The van der Waals surface area contributed by atoms with Crippen LogP contribution in [0.2, 0.25) is 0 Å². The van der Waals surface area contributed by atoms with Crippen LogP contribution in [0, 0.1) is 12.8 Å². The fourth-order valence-corrected chi connectivity index (χ4v) is 2.13. The fourth-order valence-electron chi connectivity index (χ4n) is 2.13. The van der Waals surface area contributed by atoms with Crippen molar-refractivity contribution in [2.45, 2.75) is 19.8 Å². The van der Waals surface area contributed by atoms with Crippen LogP contribution >= 0.6 is 0 Å². The van der Waals surface area contributed by atoms with Crippen LogP contribution in [0.1, 0.15) is 24.2 Å². The molecule has 0 spiro atoms. The third kappa shape index (κ3) is 1.50. The van der Waals surface area contributed by atoms with Gasteiger partial charge in [0.25, 0.3) is 0 Å². The van der Waals surface area contributed by atoms with Crippen LogP contribution in [-0.2, 0) is 0 Å². The molecule has 0 aromatic carbocycles. The number of nitrogens with one attached hydrogen (secondary N) is 2. The molecule has 16 heavy (non-hydrogen) atoms. The molecular formula is C12H16N4. The average molecular weight is 216 g/mol. The molecule has 1 aliphatic rings. The van der Waals surface area contributed by atoms with Gasteiger partial charge in [-0.1, -0.05) is 6.92 Å². The highest BCUT2D eigenvalue weighted by molar-refractivity contribution is 5.71. The normalized spacial score (nSPS) is 18.6. The number of pyridine rings is 1. The number of rotatable bonds is 2. The van der Waals surface area contributed by atoms with Gasteiger partial charge < -0.3 is 10.3 Å². The molecule has 2 aromatic rings. The number of aryl methyl sites for hydroxylation is 1. The van der Waals surface area contributed by atoms with Crippen molar-refractivity contribution in [1.82, 2.24) is 20.3 Å². The summed E-state index contributed by atoms with van der Waals surface area (Å²) in [4.78, 5) is 12.3. The minimum absolute atomic E-state index is 0.482. The minimum atomic E-state index is 0.482. The van der Waals surface area contributed by atoms with Crippen LogP contribution in [0.15, 0.2) is 12.3 Å². The highest BCUT2D eigenvalue weighted by Gasteiger charge is 2.26. The van der Waals surface area contributed by atoms with E-state index < -0.39 is 0 Å². The van der Waals surface area contributed by atoms with Crippen LogP contribution in [0.5, 0.6) is 0 Å². The number of aromatic amines is 1. The van der Waals surface area contributed by atoms with Crippen molar-refractivity contribution in [3.05, 3.63) is 23.7 Å². The van der Waals surface area contributed by atoms with Gasteiger partial charge >= 0.3 is 0 Å². The summed E-state index contributed by atoms with van der Waals surface area (Å²) in [5.74, 6) is 2.26. The first-order valence-corrected chi connectivity index (χ1v) is 5.77. The van der Waals surface area contributed by atoms with Gasteiger partial charge in [-0.05, 0) is 37.6 Å². The molecule has 1 fully saturated rings. The van der Waals surface area contributed by atoms with Crippen molar-refractivity contribution in [1.29, 1.82) is 0 Å². The maximum atomic E-state index is 4.56. The van der Waals surface area contributed by atoms with Gasteiger partial charge in [-0.3, -0.25) is 0 Å². The predicted molar refractivity (Wildman–Crippen MR) is 63.4 cm³/mol. The summed E-state index contributed by atoms with van der Waals surface area (Å²) >= 11 is 0. The summed E-state index contributed by atoms with van der Waals surface area (Å²) in [6.07, 6.45) is 1.86. The van der Waals surface area contributed by atoms with Crippen LogP contribution in [-0.4, -0.2) is 28.0 Å². The topological polar surface area (TPSA) is 53.6 Å². The maximum Gasteiger partial charge on any atom is 0.177 e. The summed E-state index contributed by atoms with van der Waals surface area (Å²) < 4.78 is 0. The van der Waals surface area contributed by atoms with Crippen molar-refractivity contribution >= 4 is 11.2 Å². The van der Waals surface area contributed by atoms with E-state index in [1.807, 2.05) is 13.1 Å². The van der Waals surface area contributed by atoms with Crippen molar-refractivity contribution in [3.8, 4) is 0 Å². The van der Waals surface area contributed by atoms with Crippen LogP contribution in [0.25, 0.3) is 11.2 Å². The fraction of sp³-hybridized carbons (Fsp3) is 0.500. The van der Waals surface area contributed by atoms with Gasteiger partial charge in [0.2, 0.25) is 0 Å². The number of nitrogens with zero attached hydrogens (tertiary/aromatic N) is 2. The molecule has 2 N–H and O–H groups in total. The Labute approximate surface area is 94.5 Å². The Bertz CT molecular complexity index is 513. The maximum absolute atomic E-state index is 4.56. The molecular weight excluding hydrogens is 200 g/mol. The minimum Gasteiger partial charge on any atom is -0.340 e. The molecule has 0 amide bonds. The second-order valence-electron chi connectivity index (χ2n) is 4.71. The van der Waals surface area contributed by atoms with Crippen LogP contribution in [0.4, 0.5) is 0 Å². The Kier molecular flexibility index (Phi) is 2.17. The zero-order valence-corrected chi connectivity index (χ0v) is 9.62. The van der Waals surface area contributed by atoms with E-state index in [1.165, 1.54) is 5.56 Å². The standard InChI is InChI=1S/C12H16N4/c1-7-3-10-12(14-4-7)16-11(15-10)8(2)9-5-13-6-9/h3-4,8-9,13H,5-6H2,1-2H3,(H,14,15,16). The second kappa shape index (κ2) is 3.56. The second-order valence-corrected chi connectivity index (χ2v) is 4.71. The van der Waals surface area contributed by atoms with Gasteiger partial charge in [0.15, 0.2) is 5.65 Å². The zero-order valence-electron chi connectivity index (χ0n) is 9.62. The molecule has 0 bridgehead atoms. The van der Waals surface area contributed by atoms with Gasteiger partial charge in [-0.15, -0.1) is 0 Å². The van der Waals surface area contributed by atoms with E-state index in [9.17, 15) is 0 Å². The molecule has 1 unspecified atom stereocenters. The van der Waals surface area contributed by atoms with E-state index in [4.69, 9.17) is 0 Å². The van der Waals surface area contributed by atoms with Crippen LogP contribution < -0.4 is 5.32 Å². The molecule has 0 radical (unpaired) electrons.